The molecule has 0 bridgehead atoms. The lowest BCUT2D eigenvalue weighted by Crippen LogP contribution is -2.22. The van der Waals surface area contributed by atoms with Gasteiger partial charge in [0, 0.05) is 16.9 Å². The fourth-order valence-corrected chi connectivity index (χ4v) is 2.75. The summed E-state index contributed by atoms with van der Waals surface area (Å²) < 4.78 is 3.68. The van der Waals surface area contributed by atoms with E-state index in [0.29, 0.717) is 6.54 Å². The zero-order valence-corrected chi connectivity index (χ0v) is 15.6. The molecule has 8 nitrogen and oxygen atoms in total. The third-order valence-electron chi connectivity index (χ3n) is 3.46. The summed E-state index contributed by atoms with van der Waals surface area (Å²) in [5.41, 5.74) is 0.944. The van der Waals surface area contributed by atoms with Gasteiger partial charge in [-0.05, 0) is 23.8 Å². The van der Waals surface area contributed by atoms with E-state index in [1.54, 1.807) is 10.9 Å². The van der Waals surface area contributed by atoms with Crippen LogP contribution in [0.4, 0.5) is 5.82 Å². The van der Waals surface area contributed by atoms with Crippen molar-refractivity contribution in [1.29, 1.82) is 0 Å². The van der Waals surface area contributed by atoms with Crippen LogP contribution in [0.5, 0.6) is 0 Å². The molecule has 3 aromatic rings. The van der Waals surface area contributed by atoms with Gasteiger partial charge in [-0.15, -0.1) is 0 Å². The Morgan fingerprint density at radius 1 is 1.23 bits per heavy atom. The summed E-state index contributed by atoms with van der Waals surface area (Å²) in [7, 11) is 0. The number of nitrogens with one attached hydrogen (secondary N) is 1. The van der Waals surface area contributed by atoms with E-state index >= 15 is 0 Å². The van der Waals surface area contributed by atoms with Crippen LogP contribution in [-0.2, 0) is 17.9 Å². The maximum Gasteiger partial charge on any atom is 0.354 e. The van der Waals surface area contributed by atoms with Crippen molar-refractivity contribution in [2.24, 2.45) is 0 Å². The Labute approximate surface area is 161 Å². The van der Waals surface area contributed by atoms with Gasteiger partial charge in [-0.2, -0.15) is 10.2 Å². The van der Waals surface area contributed by atoms with Gasteiger partial charge in [0.1, 0.15) is 17.3 Å². The molecule has 0 aliphatic rings. The molecule has 0 aliphatic heterocycles. The Balaban J connectivity index is 1.67. The number of carboxylic acids is 1. The predicted octanol–water partition coefficient (Wildman–Crippen LogP) is 2.88. The van der Waals surface area contributed by atoms with Gasteiger partial charge in [-0.25, -0.2) is 9.48 Å². The molecule has 0 saturated heterocycles. The van der Waals surface area contributed by atoms with Crippen molar-refractivity contribution in [2.75, 3.05) is 5.32 Å². The van der Waals surface area contributed by atoms with Crippen LogP contribution >= 0.6 is 27.5 Å². The number of halogens is 2. The molecule has 26 heavy (non-hydrogen) atoms. The summed E-state index contributed by atoms with van der Waals surface area (Å²) in [6, 6.07) is 9.06. The first-order valence-electron chi connectivity index (χ1n) is 7.45. The number of aromatic carboxylic acids is 1. The second-order valence-corrected chi connectivity index (χ2v) is 6.70. The molecule has 134 valence electrons. The molecular weight excluding hydrogens is 426 g/mol. The van der Waals surface area contributed by atoms with Gasteiger partial charge in [0.25, 0.3) is 0 Å². The summed E-state index contributed by atoms with van der Waals surface area (Å²) in [5, 5.41) is 20.0. The Kier molecular flexibility index (Phi) is 5.38. The maximum atomic E-state index is 12.1. The molecule has 2 N–H and O–H groups in total. The molecule has 10 heteroatoms. The lowest BCUT2D eigenvalue weighted by molar-refractivity contribution is -0.116. The van der Waals surface area contributed by atoms with Gasteiger partial charge in [-0.1, -0.05) is 39.7 Å². The van der Waals surface area contributed by atoms with Gasteiger partial charge in [0.15, 0.2) is 5.82 Å². The third-order valence-corrected chi connectivity index (χ3v) is 4.27. The Morgan fingerprint density at radius 3 is 2.65 bits per heavy atom. The number of amides is 1. The third kappa shape index (κ3) is 4.30. The van der Waals surface area contributed by atoms with Crippen molar-refractivity contribution in [3.8, 4) is 0 Å². The average Bonchev–Trinajstić information content (AvgIpc) is 3.17. The second kappa shape index (κ2) is 7.71. The lowest BCUT2D eigenvalue weighted by Gasteiger charge is -2.05. The van der Waals surface area contributed by atoms with E-state index in [4.69, 9.17) is 16.7 Å². The lowest BCUT2D eigenvalue weighted by atomic mass is 10.2. The van der Waals surface area contributed by atoms with E-state index in [9.17, 15) is 9.59 Å². The molecule has 0 unspecified atom stereocenters. The maximum absolute atomic E-state index is 12.1. The molecule has 1 aromatic carbocycles. The van der Waals surface area contributed by atoms with Gasteiger partial charge < -0.3 is 10.4 Å². The largest absolute Gasteiger partial charge is 0.477 e. The Hall–Kier alpha value is -2.65. The van der Waals surface area contributed by atoms with Crippen LogP contribution in [-0.4, -0.2) is 36.5 Å². The van der Waals surface area contributed by atoms with Crippen LogP contribution in [0.15, 0.2) is 47.2 Å². The number of hydrogen-bond acceptors (Lipinski definition) is 4. The summed E-state index contributed by atoms with van der Waals surface area (Å²) in [6.45, 7) is 0.232. The quantitative estimate of drug-likeness (QED) is 0.616. The Bertz CT molecular complexity index is 951. The van der Waals surface area contributed by atoms with Crippen LogP contribution in [0.3, 0.4) is 0 Å². The van der Waals surface area contributed by atoms with Crippen molar-refractivity contribution >= 4 is 45.2 Å². The molecule has 1 amide bonds. The summed E-state index contributed by atoms with van der Waals surface area (Å²) >= 11 is 9.50. The predicted molar refractivity (Wildman–Crippen MR) is 98.3 cm³/mol. The highest BCUT2D eigenvalue weighted by Crippen LogP contribution is 2.20. The number of aromatic nitrogens is 4. The van der Waals surface area contributed by atoms with E-state index in [1.807, 2.05) is 24.3 Å². The van der Waals surface area contributed by atoms with Crippen molar-refractivity contribution in [2.45, 2.75) is 13.1 Å². The Morgan fingerprint density at radius 2 is 1.96 bits per heavy atom. The van der Waals surface area contributed by atoms with Gasteiger partial charge in [-0.3, -0.25) is 9.48 Å². The topological polar surface area (TPSA) is 102 Å². The minimum atomic E-state index is -1.16. The molecular formula is C16H13BrClN5O3. The highest BCUT2D eigenvalue weighted by atomic mass is 79.9. The highest BCUT2D eigenvalue weighted by molar-refractivity contribution is 9.10. The molecule has 0 aliphatic carbocycles. The zero-order valence-electron chi connectivity index (χ0n) is 13.3. The average molecular weight is 439 g/mol. The minimum Gasteiger partial charge on any atom is -0.477 e. The number of carbonyl (C=O) groups is 2. The number of benzene rings is 1. The zero-order chi connectivity index (χ0) is 18.7. The summed E-state index contributed by atoms with van der Waals surface area (Å²) in [4.78, 5) is 23.2. The number of rotatable bonds is 6. The first kappa shape index (κ1) is 18.2. The van der Waals surface area contributed by atoms with E-state index in [0.717, 1.165) is 14.7 Å². The molecule has 0 radical (unpaired) electrons. The van der Waals surface area contributed by atoms with E-state index in [1.165, 1.54) is 12.3 Å². The number of anilines is 1. The molecule has 0 saturated carbocycles. The van der Waals surface area contributed by atoms with Gasteiger partial charge >= 0.3 is 5.97 Å². The van der Waals surface area contributed by atoms with Crippen LogP contribution in [0.25, 0.3) is 0 Å². The van der Waals surface area contributed by atoms with Gasteiger partial charge in [0.2, 0.25) is 5.91 Å². The first-order chi connectivity index (χ1) is 12.4. The first-order valence-corrected chi connectivity index (χ1v) is 8.62. The molecule has 0 spiro atoms. The summed E-state index contributed by atoms with van der Waals surface area (Å²) in [5.74, 6) is -1.43. The highest BCUT2D eigenvalue weighted by Gasteiger charge is 2.15. The van der Waals surface area contributed by atoms with Crippen molar-refractivity contribution < 1.29 is 14.7 Å². The fourth-order valence-electron chi connectivity index (χ4n) is 2.29. The number of carbonyl (C=O) groups excluding carboxylic acids is 1. The van der Waals surface area contributed by atoms with Crippen molar-refractivity contribution in [1.82, 2.24) is 19.6 Å². The van der Waals surface area contributed by atoms with Crippen molar-refractivity contribution in [3.63, 3.8) is 0 Å². The van der Waals surface area contributed by atoms with E-state index < -0.39 is 11.9 Å². The van der Waals surface area contributed by atoms with Gasteiger partial charge in [0.05, 0.1) is 6.54 Å². The van der Waals surface area contributed by atoms with Crippen LogP contribution in [0.1, 0.15) is 16.1 Å². The minimum absolute atomic E-state index is 0.0768. The van der Waals surface area contributed by atoms with E-state index in [2.05, 4.69) is 31.4 Å². The number of hydrogen-bond donors (Lipinski definition) is 2. The summed E-state index contributed by atoms with van der Waals surface area (Å²) in [6.07, 6.45) is 2.92. The fraction of sp³-hybridized carbons (Fsp3) is 0.125. The number of nitrogens with zero attached hydrogens (tertiary/aromatic N) is 4. The van der Waals surface area contributed by atoms with Crippen LogP contribution < -0.4 is 5.32 Å². The SMILES string of the molecule is O=C(Cn1nccc1C(=O)O)Nc1nn(Cc2ccc(Br)cc2)cc1Cl. The number of carboxylic acid groups (broad SMARTS) is 1. The monoisotopic (exact) mass is 437 g/mol. The standard InChI is InChI=1S/C16H13BrClN5O3/c17-11-3-1-10(2-4-11)7-22-8-12(18)15(21-22)20-14(24)9-23-13(16(25)26)5-6-19-23/h1-6,8H,7,9H2,(H,25,26)(H,20,21,24). The molecule has 3 rings (SSSR count). The van der Waals surface area contributed by atoms with Crippen LogP contribution in [0.2, 0.25) is 5.02 Å². The second-order valence-electron chi connectivity index (χ2n) is 5.38. The van der Waals surface area contributed by atoms with E-state index in [-0.39, 0.29) is 23.1 Å². The molecule has 2 aromatic heterocycles. The van der Waals surface area contributed by atoms with Crippen LogP contribution in [0, 0.1) is 0 Å². The molecule has 2 heterocycles. The normalized spacial score (nSPS) is 10.7. The molecule has 0 atom stereocenters. The molecule has 0 fully saturated rings. The smallest absolute Gasteiger partial charge is 0.354 e. The van der Waals surface area contributed by atoms with Crippen molar-refractivity contribution in [3.05, 3.63) is 63.5 Å².